The van der Waals surface area contributed by atoms with Crippen LogP contribution in [0.25, 0.3) is 11.4 Å². The van der Waals surface area contributed by atoms with Crippen molar-refractivity contribution >= 4 is 58.2 Å². The fourth-order valence-electron chi connectivity index (χ4n) is 2.71. The first-order valence-corrected chi connectivity index (χ1v) is 11.1. The molecule has 0 bridgehead atoms. The number of carbonyl (C=O) groups is 1. The number of methoxy groups -OCH3 is 1. The van der Waals surface area contributed by atoms with E-state index in [1.165, 1.54) is 23.9 Å². The van der Waals surface area contributed by atoms with E-state index >= 15 is 0 Å². The highest BCUT2D eigenvalue weighted by molar-refractivity contribution is 7.99. The van der Waals surface area contributed by atoms with Crippen LogP contribution in [0.1, 0.15) is 5.56 Å². The molecule has 2 aromatic carbocycles. The molecule has 0 atom stereocenters. The molecule has 1 N–H and O–H groups in total. The summed E-state index contributed by atoms with van der Waals surface area (Å²) in [5, 5.41) is 12.9. The highest BCUT2D eigenvalue weighted by Gasteiger charge is 2.16. The van der Waals surface area contributed by atoms with Crippen molar-refractivity contribution in [1.82, 2.24) is 14.8 Å². The number of halogens is 3. The largest absolute Gasteiger partial charge is 0.383 e. The lowest BCUT2D eigenvalue weighted by Crippen LogP contribution is -2.15. The summed E-state index contributed by atoms with van der Waals surface area (Å²) in [7, 11) is 1.64. The maximum absolute atomic E-state index is 12.4. The van der Waals surface area contributed by atoms with E-state index in [9.17, 15) is 4.79 Å². The fourth-order valence-corrected chi connectivity index (χ4v) is 4.07. The molecule has 1 amide bonds. The molecule has 10 heteroatoms. The van der Waals surface area contributed by atoms with Crippen LogP contribution < -0.4 is 5.32 Å². The average Bonchev–Trinajstić information content (AvgIpc) is 3.11. The van der Waals surface area contributed by atoms with Crippen LogP contribution >= 0.6 is 46.6 Å². The van der Waals surface area contributed by atoms with Gasteiger partial charge in [0.25, 0.3) is 0 Å². The average molecular weight is 486 g/mol. The van der Waals surface area contributed by atoms with Crippen molar-refractivity contribution < 1.29 is 9.53 Å². The first-order chi connectivity index (χ1) is 14.4. The Hall–Kier alpha value is -1.77. The zero-order chi connectivity index (χ0) is 21.7. The zero-order valence-corrected chi connectivity index (χ0v) is 19.4. The number of benzene rings is 2. The van der Waals surface area contributed by atoms with Gasteiger partial charge in [-0.25, -0.2) is 0 Å². The van der Waals surface area contributed by atoms with E-state index in [-0.39, 0.29) is 11.7 Å². The predicted molar refractivity (Wildman–Crippen MR) is 123 cm³/mol. The molecule has 1 aromatic heterocycles. The molecule has 158 valence electrons. The SMILES string of the molecule is COCCn1c(SCC(=O)Nc2cc(Cl)c(Cl)cc2Cl)nnc1-c1cccc(C)c1. The summed E-state index contributed by atoms with van der Waals surface area (Å²) in [5.74, 6) is 0.597. The molecule has 30 heavy (non-hydrogen) atoms. The molecule has 0 saturated carbocycles. The minimum absolute atomic E-state index is 0.121. The third kappa shape index (κ3) is 5.68. The minimum atomic E-state index is -0.251. The number of thioether (sulfide) groups is 1. The van der Waals surface area contributed by atoms with E-state index in [0.29, 0.717) is 39.1 Å². The second-order valence-corrected chi connectivity index (χ2v) is 8.57. The molecule has 0 aliphatic heterocycles. The Morgan fingerprint density at radius 2 is 1.90 bits per heavy atom. The van der Waals surface area contributed by atoms with Gasteiger partial charge in [-0.1, -0.05) is 70.3 Å². The van der Waals surface area contributed by atoms with Crippen molar-refractivity contribution in [2.24, 2.45) is 0 Å². The molecule has 0 aliphatic carbocycles. The Morgan fingerprint density at radius 3 is 2.63 bits per heavy atom. The smallest absolute Gasteiger partial charge is 0.234 e. The van der Waals surface area contributed by atoms with Crippen LogP contribution in [-0.4, -0.2) is 40.1 Å². The van der Waals surface area contributed by atoms with Gasteiger partial charge in [-0.3, -0.25) is 9.36 Å². The number of aryl methyl sites for hydroxylation is 1. The lowest BCUT2D eigenvalue weighted by Gasteiger charge is -2.11. The maximum atomic E-state index is 12.4. The Bertz CT molecular complexity index is 1060. The van der Waals surface area contributed by atoms with Gasteiger partial charge >= 0.3 is 0 Å². The second-order valence-electron chi connectivity index (χ2n) is 6.40. The zero-order valence-electron chi connectivity index (χ0n) is 16.3. The number of nitrogens with zero attached hydrogens (tertiary/aromatic N) is 3. The molecule has 6 nitrogen and oxygen atoms in total. The number of carbonyl (C=O) groups excluding carboxylic acids is 1. The fraction of sp³-hybridized carbons (Fsp3) is 0.250. The molecule has 0 unspecified atom stereocenters. The Labute approximate surface area is 193 Å². The summed E-state index contributed by atoms with van der Waals surface area (Å²) < 4.78 is 7.17. The standard InChI is InChI=1S/C20H19Cl3N4O2S/c1-12-4-3-5-13(8-12)19-25-26-20(27(19)6-7-29-2)30-11-18(28)24-17-10-15(22)14(21)9-16(17)23/h3-5,8-10H,6-7,11H2,1-2H3,(H,24,28). The van der Waals surface area contributed by atoms with Gasteiger partial charge in [-0.15, -0.1) is 10.2 Å². The highest BCUT2D eigenvalue weighted by atomic mass is 35.5. The first-order valence-electron chi connectivity index (χ1n) is 8.95. The lowest BCUT2D eigenvalue weighted by atomic mass is 10.1. The normalized spacial score (nSPS) is 11.0. The van der Waals surface area contributed by atoms with Gasteiger partial charge in [0.15, 0.2) is 11.0 Å². The van der Waals surface area contributed by atoms with Gasteiger partial charge in [0.05, 0.1) is 39.7 Å². The second kappa shape index (κ2) is 10.5. The Morgan fingerprint density at radius 1 is 1.13 bits per heavy atom. The van der Waals surface area contributed by atoms with Gasteiger partial charge in [0.2, 0.25) is 5.91 Å². The van der Waals surface area contributed by atoms with Crippen LogP contribution in [0, 0.1) is 6.92 Å². The van der Waals surface area contributed by atoms with Crippen LogP contribution in [0.2, 0.25) is 15.1 Å². The topological polar surface area (TPSA) is 69.0 Å². The number of rotatable bonds is 8. The van der Waals surface area contributed by atoms with Crippen LogP contribution in [0.5, 0.6) is 0 Å². The summed E-state index contributed by atoms with van der Waals surface area (Å²) in [6.45, 7) is 3.08. The van der Waals surface area contributed by atoms with Crippen LogP contribution in [0.4, 0.5) is 5.69 Å². The number of hydrogen-bond acceptors (Lipinski definition) is 5. The van der Waals surface area contributed by atoms with Crippen molar-refractivity contribution in [3.8, 4) is 11.4 Å². The summed E-state index contributed by atoms with van der Waals surface area (Å²) in [4.78, 5) is 12.4. The van der Waals surface area contributed by atoms with Crippen molar-refractivity contribution in [2.45, 2.75) is 18.6 Å². The van der Waals surface area contributed by atoms with E-state index < -0.39 is 0 Å². The molecule has 0 spiro atoms. The third-order valence-electron chi connectivity index (χ3n) is 4.13. The molecule has 0 aliphatic rings. The van der Waals surface area contributed by atoms with Crippen LogP contribution in [-0.2, 0) is 16.1 Å². The summed E-state index contributed by atoms with van der Waals surface area (Å²) in [6, 6.07) is 11.0. The molecular formula is C20H19Cl3N4O2S. The lowest BCUT2D eigenvalue weighted by molar-refractivity contribution is -0.113. The van der Waals surface area contributed by atoms with E-state index in [2.05, 4.69) is 15.5 Å². The third-order valence-corrected chi connectivity index (χ3v) is 6.13. The highest BCUT2D eigenvalue weighted by Crippen LogP contribution is 2.32. The molecule has 3 aromatic rings. The Balaban J connectivity index is 1.74. The molecule has 0 fully saturated rings. The van der Waals surface area contributed by atoms with Gasteiger partial charge in [0, 0.05) is 12.7 Å². The number of anilines is 1. The molecular weight excluding hydrogens is 467 g/mol. The van der Waals surface area contributed by atoms with Gasteiger partial charge < -0.3 is 10.1 Å². The Kier molecular flexibility index (Phi) is 8.02. The molecule has 0 saturated heterocycles. The number of ether oxygens (including phenoxy) is 1. The maximum Gasteiger partial charge on any atom is 0.234 e. The molecule has 0 radical (unpaired) electrons. The minimum Gasteiger partial charge on any atom is -0.383 e. The van der Waals surface area contributed by atoms with Crippen molar-refractivity contribution in [2.75, 3.05) is 24.8 Å². The first kappa shape index (κ1) is 22.9. The van der Waals surface area contributed by atoms with E-state index in [1.54, 1.807) is 7.11 Å². The van der Waals surface area contributed by atoms with Gasteiger partial charge in [-0.05, 0) is 25.1 Å². The van der Waals surface area contributed by atoms with Gasteiger partial charge in [0.1, 0.15) is 0 Å². The van der Waals surface area contributed by atoms with Crippen LogP contribution in [0.3, 0.4) is 0 Å². The number of amides is 1. The van der Waals surface area contributed by atoms with Crippen LogP contribution in [0.15, 0.2) is 41.6 Å². The molecule has 1 heterocycles. The number of aromatic nitrogens is 3. The summed E-state index contributed by atoms with van der Waals surface area (Å²) >= 11 is 19.3. The van der Waals surface area contributed by atoms with Crippen molar-refractivity contribution in [3.05, 3.63) is 57.0 Å². The van der Waals surface area contributed by atoms with Gasteiger partial charge in [-0.2, -0.15) is 0 Å². The van der Waals surface area contributed by atoms with E-state index in [4.69, 9.17) is 39.5 Å². The van der Waals surface area contributed by atoms with E-state index in [1.807, 2.05) is 35.8 Å². The number of nitrogens with one attached hydrogen (secondary N) is 1. The predicted octanol–water partition coefficient (Wildman–Crippen LogP) is 5.59. The summed E-state index contributed by atoms with van der Waals surface area (Å²) in [5.41, 5.74) is 2.48. The monoisotopic (exact) mass is 484 g/mol. The van der Waals surface area contributed by atoms with Crippen molar-refractivity contribution in [3.63, 3.8) is 0 Å². The molecule has 3 rings (SSSR count). The van der Waals surface area contributed by atoms with E-state index in [0.717, 1.165) is 17.0 Å². The quantitative estimate of drug-likeness (QED) is 0.333. The number of hydrogen-bond donors (Lipinski definition) is 1. The van der Waals surface area contributed by atoms with Crippen molar-refractivity contribution in [1.29, 1.82) is 0 Å². The summed E-state index contributed by atoms with van der Waals surface area (Å²) in [6.07, 6.45) is 0.